The number of amides is 1. The van der Waals surface area contributed by atoms with Crippen LogP contribution in [-0.2, 0) is 11.8 Å². The van der Waals surface area contributed by atoms with E-state index in [0.717, 1.165) is 17.5 Å². The third-order valence-corrected chi connectivity index (χ3v) is 5.96. The van der Waals surface area contributed by atoms with E-state index in [1.165, 1.54) is 18.5 Å². The van der Waals surface area contributed by atoms with Crippen molar-refractivity contribution in [1.82, 2.24) is 19.5 Å². The van der Waals surface area contributed by atoms with Crippen LogP contribution in [0.2, 0.25) is 0 Å². The Morgan fingerprint density at radius 3 is 2.47 bits per heavy atom. The first-order valence-electron chi connectivity index (χ1n) is 11.5. The van der Waals surface area contributed by atoms with Crippen LogP contribution < -0.4 is 15.8 Å². The molecule has 9 nitrogen and oxygen atoms in total. The highest BCUT2D eigenvalue weighted by Gasteiger charge is 2.23. The Bertz CT molecular complexity index is 1700. The Kier molecular flexibility index (Phi) is 6.21. The van der Waals surface area contributed by atoms with E-state index in [2.05, 4.69) is 26.8 Å². The maximum absolute atomic E-state index is 13.2. The number of carbonyl (C=O) groups is 1. The predicted molar refractivity (Wildman–Crippen MR) is 143 cm³/mol. The minimum atomic E-state index is -0.494. The van der Waals surface area contributed by atoms with E-state index < -0.39 is 5.82 Å². The number of carbonyl (C=O) groups excluding carboxylic acids is 1. The SMILES string of the molecule is C=C(C)C(=O)Nc1ccc(-c2c(-c3ccc(Oc4ccc(F)cn4)c(O)c3)c3c(N)ncnc3n2C)cc1. The van der Waals surface area contributed by atoms with Gasteiger partial charge in [0.05, 0.1) is 17.3 Å². The summed E-state index contributed by atoms with van der Waals surface area (Å²) in [5, 5.41) is 14.2. The van der Waals surface area contributed by atoms with Gasteiger partial charge in [0.15, 0.2) is 11.5 Å². The third kappa shape index (κ3) is 4.50. The molecule has 0 saturated carbocycles. The van der Waals surface area contributed by atoms with Gasteiger partial charge in [0.1, 0.15) is 23.6 Å². The molecule has 190 valence electrons. The second-order valence-corrected chi connectivity index (χ2v) is 8.65. The molecule has 0 aliphatic carbocycles. The normalized spacial score (nSPS) is 10.9. The van der Waals surface area contributed by atoms with E-state index in [-0.39, 0.29) is 29.1 Å². The Morgan fingerprint density at radius 1 is 1.08 bits per heavy atom. The van der Waals surface area contributed by atoms with Crippen LogP contribution in [0.1, 0.15) is 6.92 Å². The van der Waals surface area contributed by atoms with E-state index in [1.54, 1.807) is 37.3 Å². The van der Waals surface area contributed by atoms with Crippen LogP contribution in [0, 0.1) is 5.82 Å². The van der Waals surface area contributed by atoms with Crippen molar-refractivity contribution in [2.24, 2.45) is 7.05 Å². The quantitative estimate of drug-likeness (QED) is 0.260. The highest BCUT2D eigenvalue weighted by Crippen LogP contribution is 2.44. The number of aryl methyl sites for hydroxylation is 1. The fourth-order valence-electron chi connectivity index (χ4n) is 4.14. The second kappa shape index (κ2) is 9.66. The highest BCUT2D eigenvalue weighted by atomic mass is 19.1. The molecule has 10 heteroatoms. The van der Waals surface area contributed by atoms with Crippen LogP contribution in [-0.4, -0.2) is 30.5 Å². The Morgan fingerprint density at radius 2 is 1.82 bits per heavy atom. The molecule has 0 fully saturated rings. The zero-order chi connectivity index (χ0) is 27.0. The van der Waals surface area contributed by atoms with Gasteiger partial charge in [-0.25, -0.2) is 19.3 Å². The first-order valence-corrected chi connectivity index (χ1v) is 11.5. The molecule has 38 heavy (non-hydrogen) atoms. The molecule has 3 heterocycles. The molecule has 0 atom stereocenters. The van der Waals surface area contributed by atoms with E-state index >= 15 is 0 Å². The molecule has 2 aromatic carbocycles. The van der Waals surface area contributed by atoms with Crippen molar-refractivity contribution in [2.45, 2.75) is 6.92 Å². The van der Waals surface area contributed by atoms with Crippen molar-refractivity contribution < 1.29 is 19.0 Å². The van der Waals surface area contributed by atoms with E-state index in [1.807, 2.05) is 23.7 Å². The number of ether oxygens (including phenoxy) is 1. The number of aromatic nitrogens is 4. The largest absolute Gasteiger partial charge is 0.504 e. The minimum absolute atomic E-state index is 0.136. The molecule has 5 rings (SSSR count). The average Bonchev–Trinajstić information content (AvgIpc) is 3.20. The van der Waals surface area contributed by atoms with Gasteiger partial charge in [-0.2, -0.15) is 0 Å². The number of phenolic OH excluding ortho intramolecular Hbond substituents is 1. The number of hydrogen-bond acceptors (Lipinski definition) is 7. The lowest BCUT2D eigenvalue weighted by Crippen LogP contribution is -2.11. The van der Waals surface area contributed by atoms with Crippen molar-refractivity contribution in [3.8, 4) is 39.8 Å². The second-order valence-electron chi connectivity index (χ2n) is 8.65. The number of fused-ring (bicyclic) bond motifs is 1. The summed E-state index contributed by atoms with van der Waals surface area (Å²) >= 11 is 0. The van der Waals surface area contributed by atoms with Gasteiger partial charge < -0.3 is 25.5 Å². The Labute approximate surface area is 217 Å². The van der Waals surface area contributed by atoms with Crippen LogP contribution >= 0.6 is 0 Å². The predicted octanol–water partition coefficient (Wildman–Crippen LogP) is 5.43. The van der Waals surface area contributed by atoms with Gasteiger partial charge in [-0.1, -0.05) is 24.8 Å². The summed E-state index contributed by atoms with van der Waals surface area (Å²) in [7, 11) is 1.86. The lowest BCUT2D eigenvalue weighted by Gasteiger charge is -2.12. The summed E-state index contributed by atoms with van der Waals surface area (Å²) in [6.45, 7) is 5.30. The zero-order valence-corrected chi connectivity index (χ0v) is 20.6. The van der Waals surface area contributed by atoms with Crippen molar-refractivity contribution >= 4 is 28.4 Å². The summed E-state index contributed by atoms with van der Waals surface area (Å²) in [6, 6.07) is 14.8. The standard InChI is InChI=1S/C28H23FN6O3/c1-15(2)28(37)34-19-8-4-16(5-9-19)25-23(24-26(30)32-14-33-27(24)35(25)3)17-6-10-21(20(36)12-17)38-22-11-7-18(29)13-31-22/h4-14,36H,1H2,2-3H3,(H,34,37)(H2,30,32,33). The van der Waals surface area contributed by atoms with Gasteiger partial charge in [-0.3, -0.25) is 4.79 Å². The number of nitrogen functional groups attached to an aromatic ring is 1. The molecule has 0 aliphatic rings. The highest BCUT2D eigenvalue weighted by molar-refractivity contribution is 6.08. The molecular weight excluding hydrogens is 487 g/mol. The summed E-state index contributed by atoms with van der Waals surface area (Å²) in [5.41, 5.74) is 10.9. The molecule has 3 aromatic heterocycles. The number of rotatable bonds is 6. The minimum Gasteiger partial charge on any atom is -0.504 e. The van der Waals surface area contributed by atoms with Crippen LogP contribution in [0.15, 0.2) is 79.3 Å². The number of halogens is 1. The van der Waals surface area contributed by atoms with Gasteiger partial charge in [-0.05, 0) is 48.4 Å². The molecule has 5 aromatic rings. The number of phenols is 1. The third-order valence-electron chi connectivity index (χ3n) is 5.96. The summed E-state index contributed by atoms with van der Waals surface area (Å²) in [6.07, 6.45) is 2.42. The van der Waals surface area contributed by atoms with Crippen molar-refractivity contribution in [3.63, 3.8) is 0 Å². The summed E-state index contributed by atoms with van der Waals surface area (Å²) in [5.74, 6) is -0.336. The lowest BCUT2D eigenvalue weighted by atomic mass is 9.98. The molecule has 0 unspecified atom stereocenters. The molecule has 1 amide bonds. The number of aromatic hydroxyl groups is 1. The summed E-state index contributed by atoms with van der Waals surface area (Å²) in [4.78, 5) is 24.5. The number of nitrogens with zero attached hydrogens (tertiary/aromatic N) is 4. The zero-order valence-electron chi connectivity index (χ0n) is 20.6. The van der Waals surface area contributed by atoms with Gasteiger partial charge in [0.25, 0.3) is 5.91 Å². The topological polar surface area (TPSA) is 128 Å². The molecule has 0 spiro atoms. The fourth-order valence-corrected chi connectivity index (χ4v) is 4.14. The molecule has 4 N–H and O–H groups in total. The Balaban J connectivity index is 1.60. The van der Waals surface area contributed by atoms with Crippen LogP contribution in [0.5, 0.6) is 17.4 Å². The maximum atomic E-state index is 13.2. The number of nitrogens with one attached hydrogen (secondary N) is 1. The monoisotopic (exact) mass is 510 g/mol. The van der Waals surface area contributed by atoms with Crippen LogP contribution in [0.3, 0.4) is 0 Å². The number of nitrogens with two attached hydrogens (primary N) is 1. The van der Waals surface area contributed by atoms with Crippen molar-refractivity contribution in [3.05, 3.63) is 85.1 Å². The maximum Gasteiger partial charge on any atom is 0.250 e. The lowest BCUT2D eigenvalue weighted by molar-refractivity contribution is -0.112. The fraction of sp³-hybridized carbons (Fsp3) is 0.0714. The number of pyridine rings is 1. The number of hydrogen-bond donors (Lipinski definition) is 3. The molecule has 0 aliphatic heterocycles. The molecule has 0 bridgehead atoms. The van der Waals surface area contributed by atoms with Gasteiger partial charge in [0, 0.05) is 29.9 Å². The van der Waals surface area contributed by atoms with Crippen LogP contribution in [0.4, 0.5) is 15.9 Å². The van der Waals surface area contributed by atoms with Crippen molar-refractivity contribution in [2.75, 3.05) is 11.1 Å². The number of benzene rings is 2. The molecule has 0 radical (unpaired) electrons. The average molecular weight is 511 g/mol. The Hall–Kier alpha value is -5.25. The van der Waals surface area contributed by atoms with E-state index in [0.29, 0.717) is 33.4 Å². The molecule has 0 saturated heterocycles. The van der Waals surface area contributed by atoms with Gasteiger partial charge in [0.2, 0.25) is 5.88 Å². The first kappa shape index (κ1) is 24.4. The van der Waals surface area contributed by atoms with Gasteiger partial charge >= 0.3 is 0 Å². The van der Waals surface area contributed by atoms with Crippen molar-refractivity contribution in [1.29, 1.82) is 0 Å². The number of anilines is 2. The van der Waals surface area contributed by atoms with E-state index in [4.69, 9.17) is 10.5 Å². The summed E-state index contributed by atoms with van der Waals surface area (Å²) < 4.78 is 20.7. The van der Waals surface area contributed by atoms with E-state index in [9.17, 15) is 14.3 Å². The van der Waals surface area contributed by atoms with Crippen LogP contribution in [0.25, 0.3) is 33.4 Å². The van der Waals surface area contributed by atoms with Gasteiger partial charge in [-0.15, -0.1) is 0 Å². The molecular formula is C28H23FN6O3. The smallest absolute Gasteiger partial charge is 0.250 e. The first-order chi connectivity index (χ1) is 18.2.